The van der Waals surface area contributed by atoms with Crippen LogP contribution >= 0.6 is 22.6 Å². The fraction of sp³-hybridized carbons (Fsp3) is 0.800. The SMILES string of the molecule is CC(C)(C)C1=NCC(C(C)(C)I)=N1. The van der Waals surface area contributed by atoms with E-state index in [2.05, 4.69) is 67.2 Å². The van der Waals surface area contributed by atoms with Crippen molar-refractivity contribution in [1.29, 1.82) is 0 Å². The van der Waals surface area contributed by atoms with Gasteiger partial charge in [-0.25, -0.2) is 4.99 Å². The van der Waals surface area contributed by atoms with Crippen molar-refractivity contribution >= 4 is 34.1 Å². The van der Waals surface area contributed by atoms with Crippen LogP contribution in [0.4, 0.5) is 0 Å². The first kappa shape index (κ1) is 11.1. The molecule has 0 aromatic rings. The molecule has 2 nitrogen and oxygen atoms in total. The maximum atomic E-state index is 4.59. The van der Waals surface area contributed by atoms with E-state index < -0.39 is 0 Å². The molecular formula is C10H17IN2. The summed E-state index contributed by atoms with van der Waals surface area (Å²) in [5.41, 5.74) is 1.28. The summed E-state index contributed by atoms with van der Waals surface area (Å²) in [5.74, 6) is 0.993. The molecule has 0 spiro atoms. The predicted molar refractivity (Wildman–Crippen MR) is 67.3 cm³/mol. The molecule has 0 fully saturated rings. The van der Waals surface area contributed by atoms with E-state index >= 15 is 0 Å². The molecule has 0 saturated heterocycles. The lowest BCUT2D eigenvalue weighted by molar-refractivity contribution is 0.586. The number of amidine groups is 1. The van der Waals surface area contributed by atoms with Crippen LogP contribution in [0, 0.1) is 5.41 Å². The third-order valence-corrected chi connectivity index (χ3v) is 2.60. The van der Waals surface area contributed by atoms with Crippen molar-refractivity contribution in [3.63, 3.8) is 0 Å². The molecule has 13 heavy (non-hydrogen) atoms. The summed E-state index contributed by atoms with van der Waals surface area (Å²) in [6.45, 7) is 11.6. The summed E-state index contributed by atoms with van der Waals surface area (Å²) in [4.78, 5) is 9.05. The Labute approximate surface area is 94.1 Å². The highest BCUT2D eigenvalue weighted by Gasteiger charge is 2.29. The Morgan fingerprint density at radius 3 is 1.92 bits per heavy atom. The van der Waals surface area contributed by atoms with Crippen LogP contribution in [0.5, 0.6) is 0 Å². The van der Waals surface area contributed by atoms with E-state index in [1.165, 1.54) is 5.71 Å². The molecule has 0 amide bonds. The van der Waals surface area contributed by atoms with Crippen LogP contribution in [0.2, 0.25) is 0 Å². The van der Waals surface area contributed by atoms with Crippen LogP contribution in [0.15, 0.2) is 9.98 Å². The van der Waals surface area contributed by atoms with E-state index in [1.807, 2.05) is 0 Å². The van der Waals surface area contributed by atoms with Crippen molar-refractivity contribution in [2.24, 2.45) is 15.4 Å². The molecule has 0 aromatic carbocycles. The van der Waals surface area contributed by atoms with Crippen LogP contribution in [-0.4, -0.2) is 21.5 Å². The van der Waals surface area contributed by atoms with E-state index in [-0.39, 0.29) is 8.84 Å². The first-order valence-corrected chi connectivity index (χ1v) is 5.61. The Morgan fingerprint density at radius 1 is 1.15 bits per heavy atom. The van der Waals surface area contributed by atoms with Crippen LogP contribution in [0.3, 0.4) is 0 Å². The lowest BCUT2D eigenvalue weighted by Crippen LogP contribution is -2.25. The maximum absolute atomic E-state index is 4.59. The molecule has 0 unspecified atom stereocenters. The maximum Gasteiger partial charge on any atom is 0.129 e. The Balaban J connectivity index is 2.84. The molecule has 1 aliphatic rings. The molecule has 74 valence electrons. The average molecular weight is 292 g/mol. The second kappa shape index (κ2) is 3.33. The Kier molecular flexibility index (Phi) is 2.86. The van der Waals surface area contributed by atoms with Crippen molar-refractivity contribution in [2.45, 2.75) is 38.0 Å². The topological polar surface area (TPSA) is 24.7 Å². The molecule has 0 aromatic heterocycles. The van der Waals surface area contributed by atoms with E-state index in [0.29, 0.717) is 0 Å². The summed E-state index contributed by atoms with van der Waals surface area (Å²) < 4.78 is 0.133. The van der Waals surface area contributed by atoms with Crippen LogP contribution < -0.4 is 0 Å². The number of halogens is 1. The first-order valence-electron chi connectivity index (χ1n) is 4.53. The zero-order valence-corrected chi connectivity index (χ0v) is 11.1. The molecule has 1 heterocycles. The highest BCUT2D eigenvalue weighted by molar-refractivity contribution is 14.1. The number of hydrogen-bond acceptors (Lipinski definition) is 2. The monoisotopic (exact) mass is 292 g/mol. The van der Waals surface area contributed by atoms with Gasteiger partial charge in [0.05, 0.1) is 15.7 Å². The van der Waals surface area contributed by atoms with Crippen molar-refractivity contribution in [1.82, 2.24) is 0 Å². The molecule has 1 aliphatic heterocycles. The lowest BCUT2D eigenvalue weighted by Gasteiger charge is -2.17. The zero-order chi connectivity index (χ0) is 10.3. The van der Waals surface area contributed by atoms with E-state index in [4.69, 9.17) is 0 Å². The van der Waals surface area contributed by atoms with Crippen LogP contribution in [0.25, 0.3) is 0 Å². The van der Waals surface area contributed by atoms with Gasteiger partial charge in [-0.05, 0) is 13.8 Å². The smallest absolute Gasteiger partial charge is 0.129 e. The third kappa shape index (κ3) is 2.76. The number of aliphatic imine (C=N–C) groups is 2. The molecule has 0 bridgehead atoms. The quantitative estimate of drug-likeness (QED) is 0.524. The summed E-state index contributed by atoms with van der Waals surface area (Å²) in [5, 5.41) is 0. The molecular weight excluding hydrogens is 275 g/mol. The van der Waals surface area contributed by atoms with Gasteiger partial charge in [-0.1, -0.05) is 43.4 Å². The predicted octanol–water partition coefficient (Wildman–Crippen LogP) is 3.10. The molecule has 0 saturated carbocycles. The fourth-order valence-electron chi connectivity index (χ4n) is 1.07. The average Bonchev–Trinajstić information content (AvgIpc) is 2.28. The van der Waals surface area contributed by atoms with Gasteiger partial charge in [0.25, 0.3) is 0 Å². The van der Waals surface area contributed by atoms with Crippen molar-refractivity contribution in [3.8, 4) is 0 Å². The van der Waals surface area contributed by atoms with E-state index in [9.17, 15) is 0 Å². The van der Waals surface area contributed by atoms with Gasteiger partial charge in [-0.2, -0.15) is 0 Å². The minimum Gasteiger partial charge on any atom is -0.264 e. The molecule has 0 aliphatic carbocycles. The number of rotatable bonds is 1. The van der Waals surface area contributed by atoms with Gasteiger partial charge >= 0.3 is 0 Å². The third-order valence-electron chi connectivity index (χ3n) is 1.98. The Hall–Kier alpha value is 0.0700. The summed E-state index contributed by atoms with van der Waals surface area (Å²) in [6.07, 6.45) is 0. The highest BCUT2D eigenvalue weighted by Crippen LogP contribution is 2.26. The van der Waals surface area contributed by atoms with Gasteiger partial charge in [0.1, 0.15) is 5.84 Å². The second-order valence-corrected chi connectivity index (χ2v) is 7.62. The van der Waals surface area contributed by atoms with E-state index in [1.54, 1.807) is 0 Å². The van der Waals surface area contributed by atoms with Gasteiger partial charge in [0, 0.05) is 5.41 Å². The molecule has 0 radical (unpaired) electrons. The first-order chi connectivity index (χ1) is 5.71. The van der Waals surface area contributed by atoms with Crippen molar-refractivity contribution < 1.29 is 0 Å². The minimum atomic E-state index is 0.0869. The number of hydrogen-bond donors (Lipinski definition) is 0. The van der Waals surface area contributed by atoms with Crippen LogP contribution in [-0.2, 0) is 0 Å². The fourth-order valence-corrected chi connectivity index (χ4v) is 1.37. The van der Waals surface area contributed by atoms with Gasteiger partial charge in [-0.15, -0.1) is 0 Å². The van der Waals surface area contributed by atoms with Gasteiger partial charge in [-0.3, -0.25) is 4.99 Å². The number of nitrogens with zero attached hydrogens (tertiary/aromatic N) is 2. The van der Waals surface area contributed by atoms with E-state index in [0.717, 1.165) is 12.4 Å². The molecule has 0 atom stereocenters. The highest BCUT2D eigenvalue weighted by atomic mass is 127. The van der Waals surface area contributed by atoms with Crippen molar-refractivity contribution in [3.05, 3.63) is 0 Å². The normalized spacial score (nSPS) is 18.6. The lowest BCUT2D eigenvalue weighted by atomic mass is 9.95. The molecule has 0 N–H and O–H groups in total. The van der Waals surface area contributed by atoms with Gasteiger partial charge < -0.3 is 0 Å². The minimum absolute atomic E-state index is 0.0869. The van der Waals surface area contributed by atoms with Gasteiger partial charge in [0.2, 0.25) is 0 Å². The largest absolute Gasteiger partial charge is 0.264 e. The standard InChI is InChI=1S/C10H17IN2/c1-9(2,3)8-12-6-7(13-8)10(4,5)11/h6H2,1-5H3. The summed E-state index contributed by atoms with van der Waals surface area (Å²) in [7, 11) is 0. The van der Waals surface area contributed by atoms with Gasteiger partial charge in [0.15, 0.2) is 0 Å². The van der Waals surface area contributed by atoms with Crippen LogP contribution in [0.1, 0.15) is 34.6 Å². The second-order valence-electron chi connectivity index (χ2n) is 4.92. The summed E-state index contributed by atoms with van der Waals surface area (Å²) in [6, 6.07) is 0. The summed E-state index contributed by atoms with van der Waals surface area (Å²) >= 11 is 2.41. The van der Waals surface area contributed by atoms with Crippen molar-refractivity contribution in [2.75, 3.05) is 6.54 Å². The zero-order valence-electron chi connectivity index (χ0n) is 8.98. The molecule has 3 heteroatoms. The molecule has 1 rings (SSSR count). The Bertz CT molecular complexity index is 264. The number of alkyl halides is 1. The Morgan fingerprint density at radius 2 is 1.69 bits per heavy atom.